The van der Waals surface area contributed by atoms with Crippen molar-refractivity contribution in [2.24, 2.45) is 5.92 Å². The second kappa shape index (κ2) is 6.94. The Labute approximate surface area is 153 Å². The van der Waals surface area contributed by atoms with Gasteiger partial charge in [-0.2, -0.15) is 0 Å². The number of carboxylic acids is 1. The van der Waals surface area contributed by atoms with Gasteiger partial charge in [-0.1, -0.05) is 48.5 Å². The second-order valence-corrected chi connectivity index (χ2v) is 7.39. The lowest BCUT2D eigenvalue weighted by molar-refractivity contribution is -0.141. The van der Waals surface area contributed by atoms with E-state index in [0.717, 1.165) is 24.0 Å². The van der Waals surface area contributed by atoms with E-state index in [4.69, 9.17) is 0 Å². The minimum Gasteiger partial charge on any atom is -0.481 e. The number of nitrogens with zero attached hydrogens (tertiary/aromatic N) is 1. The topological polar surface area (TPSA) is 57.6 Å². The number of hydrogen-bond donors (Lipinski definition) is 1. The molecule has 26 heavy (non-hydrogen) atoms. The molecule has 1 aliphatic heterocycles. The van der Waals surface area contributed by atoms with Crippen LogP contribution in [0.5, 0.6) is 0 Å². The molecule has 0 bridgehead atoms. The molecule has 0 aromatic heterocycles. The number of aryl methyl sites for hydroxylation is 2. The Hall–Kier alpha value is -2.62. The van der Waals surface area contributed by atoms with Crippen LogP contribution in [0.15, 0.2) is 48.5 Å². The fraction of sp³-hybridized carbons (Fsp3) is 0.364. The first-order chi connectivity index (χ1) is 12.6. The summed E-state index contributed by atoms with van der Waals surface area (Å²) in [6.07, 6.45) is 3.77. The lowest BCUT2D eigenvalue weighted by Gasteiger charge is -2.17. The van der Waals surface area contributed by atoms with Crippen LogP contribution in [0.25, 0.3) is 0 Å². The number of hydrogen-bond acceptors (Lipinski definition) is 2. The maximum absolute atomic E-state index is 12.8. The number of benzene rings is 2. The zero-order valence-electron chi connectivity index (χ0n) is 14.7. The van der Waals surface area contributed by atoms with Crippen molar-refractivity contribution >= 4 is 11.9 Å². The molecular weight excluding hydrogens is 326 g/mol. The maximum atomic E-state index is 12.8. The Morgan fingerprint density at radius 2 is 1.77 bits per heavy atom. The Balaban J connectivity index is 1.49. The zero-order chi connectivity index (χ0) is 18.1. The van der Waals surface area contributed by atoms with Crippen molar-refractivity contribution < 1.29 is 14.7 Å². The quantitative estimate of drug-likeness (QED) is 0.923. The maximum Gasteiger partial charge on any atom is 0.308 e. The number of amides is 1. The molecular formula is C22H23NO3. The molecule has 1 fully saturated rings. The van der Waals surface area contributed by atoms with Crippen molar-refractivity contribution in [1.82, 2.24) is 4.90 Å². The Kier molecular flexibility index (Phi) is 4.49. The first kappa shape index (κ1) is 16.8. The van der Waals surface area contributed by atoms with Crippen LogP contribution >= 0.6 is 0 Å². The summed E-state index contributed by atoms with van der Waals surface area (Å²) in [5.74, 6) is -1.49. The summed E-state index contributed by atoms with van der Waals surface area (Å²) in [7, 11) is 0. The first-order valence-corrected chi connectivity index (χ1v) is 9.28. The van der Waals surface area contributed by atoms with Crippen LogP contribution in [0.1, 0.15) is 34.6 Å². The number of aliphatic carboxylic acids is 1. The Morgan fingerprint density at radius 3 is 2.54 bits per heavy atom. The number of likely N-dealkylation sites (tertiary alicyclic amines) is 1. The second-order valence-electron chi connectivity index (χ2n) is 7.39. The van der Waals surface area contributed by atoms with Gasteiger partial charge in [-0.25, -0.2) is 0 Å². The van der Waals surface area contributed by atoms with Gasteiger partial charge in [-0.05, 0) is 41.5 Å². The van der Waals surface area contributed by atoms with E-state index in [1.807, 2.05) is 36.4 Å². The third kappa shape index (κ3) is 3.24. The summed E-state index contributed by atoms with van der Waals surface area (Å²) in [5.41, 5.74) is 4.79. The molecule has 1 aliphatic carbocycles. The third-order valence-corrected chi connectivity index (χ3v) is 5.74. The van der Waals surface area contributed by atoms with Crippen LogP contribution in [0.3, 0.4) is 0 Å². The average Bonchev–Trinajstić information content (AvgIpc) is 3.29. The normalized spacial score (nSPS) is 21.6. The standard InChI is InChI=1S/C22H23NO3/c24-21(12-15-9-10-16-7-4-8-18(16)11-15)23-13-19(20(14-23)22(25)26)17-5-2-1-3-6-17/h1-3,5-6,9-11,19-20H,4,7-8,12-14H2,(H,25,26). The highest BCUT2D eigenvalue weighted by molar-refractivity contribution is 5.81. The van der Waals surface area contributed by atoms with E-state index in [1.54, 1.807) is 4.90 Å². The predicted octanol–water partition coefficient (Wildman–Crippen LogP) is 3.04. The highest BCUT2D eigenvalue weighted by Crippen LogP contribution is 2.33. The zero-order valence-corrected chi connectivity index (χ0v) is 14.7. The smallest absolute Gasteiger partial charge is 0.308 e. The molecule has 2 aromatic carbocycles. The number of rotatable bonds is 4. The summed E-state index contributed by atoms with van der Waals surface area (Å²) in [6.45, 7) is 0.767. The van der Waals surface area contributed by atoms with Gasteiger partial charge in [0, 0.05) is 19.0 Å². The predicted molar refractivity (Wildman–Crippen MR) is 99.1 cm³/mol. The molecule has 2 atom stereocenters. The van der Waals surface area contributed by atoms with Gasteiger partial charge < -0.3 is 10.0 Å². The van der Waals surface area contributed by atoms with E-state index < -0.39 is 11.9 Å². The molecule has 1 amide bonds. The van der Waals surface area contributed by atoms with Gasteiger partial charge in [0.25, 0.3) is 0 Å². The molecule has 1 heterocycles. The van der Waals surface area contributed by atoms with E-state index >= 15 is 0 Å². The summed E-state index contributed by atoms with van der Waals surface area (Å²) in [4.78, 5) is 26.2. The van der Waals surface area contributed by atoms with Gasteiger partial charge in [-0.3, -0.25) is 9.59 Å². The fourth-order valence-corrected chi connectivity index (χ4v) is 4.32. The highest BCUT2D eigenvalue weighted by Gasteiger charge is 2.40. The van der Waals surface area contributed by atoms with Gasteiger partial charge in [-0.15, -0.1) is 0 Å². The molecule has 0 saturated carbocycles. The van der Waals surface area contributed by atoms with Gasteiger partial charge in [0.1, 0.15) is 0 Å². The summed E-state index contributed by atoms with van der Waals surface area (Å²) in [5, 5.41) is 9.60. The number of carbonyl (C=O) groups is 2. The molecule has 4 rings (SSSR count). The van der Waals surface area contributed by atoms with E-state index in [-0.39, 0.29) is 11.8 Å². The van der Waals surface area contributed by atoms with Gasteiger partial charge in [0.05, 0.1) is 12.3 Å². The fourth-order valence-electron chi connectivity index (χ4n) is 4.32. The molecule has 4 nitrogen and oxygen atoms in total. The third-order valence-electron chi connectivity index (χ3n) is 5.74. The van der Waals surface area contributed by atoms with Crippen LogP contribution in [-0.4, -0.2) is 35.0 Å². The summed E-state index contributed by atoms with van der Waals surface area (Å²) in [6, 6.07) is 16.0. The largest absolute Gasteiger partial charge is 0.481 e. The molecule has 1 saturated heterocycles. The molecule has 2 aromatic rings. The van der Waals surface area contributed by atoms with Crippen LogP contribution in [0.2, 0.25) is 0 Å². The summed E-state index contributed by atoms with van der Waals surface area (Å²) >= 11 is 0. The highest BCUT2D eigenvalue weighted by atomic mass is 16.4. The lowest BCUT2D eigenvalue weighted by Crippen LogP contribution is -2.31. The van der Waals surface area contributed by atoms with E-state index in [1.165, 1.54) is 17.5 Å². The molecule has 1 N–H and O–H groups in total. The summed E-state index contributed by atoms with van der Waals surface area (Å²) < 4.78 is 0. The monoisotopic (exact) mass is 349 g/mol. The van der Waals surface area contributed by atoms with Crippen molar-refractivity contribution in [1.29, 1.82) is 0 Å². The van der Waals surface area contributed by atoms with Gasteiger partial charge >= 0.3 is 5.97 Å². The Morgan fingerprint density at radius 1 is 1.00 bits per heavy atom. The van der Waals surface area contributed by atoms with Crippen LogP contribution in [0.4, 0.5) is 0 Å². The number of carboxylic acid groups (broad SMARTS) is 1. The molecule has 134 valence electrons. The minimum atomic E-state index is -0.827. The molecule has 4 heteroatoms. The van der Waals surface area contributed by atoms with Crippen molar-refractivity contribution in [3.8, 4) is 0 Å². The first-order valence-electron chi connectivity index (χ1n) is 9.28. The number of fused-ring (bicyclic) bond motifs is 1. The SMILES string of the molecule is O=C(O)C1CN(C(=O)Cc2ccc3c(c2)CCC3)CC1c1ccccc1. The van der Waals surface area contributed by atoms with E-state index in [2.05, 4.69) is 12.1 Å². The van der Waals surface area contributed by atoms with Gasteiger partial charge in [0.2, 0.25) is 5.91 Å². The van der Waals surface area contributed by atoms with Crippen LogP contribution in [0, 0.1) is 5.92 Å². The molecule has 2 unspecified atom stereocenters. The van der Waals surface area contributed by atoms with Crippen molar-refractivity contribution in [2.75, 3.05) is 13.1 Å². The van der Waals surface area contributed by atoms with Crippen LogP contribution in [-0.2, 0) is 28.9 Å². The minimum absolute atomic E-state index is 0.0210. The lowest BCUT2D eigenvalue weighted by atomic mass is 9.89. The van der Waals surface area contributed by atoms with E-state index in [0.29, 0.717) is 19.5 Å². The van der Waals surface area contributed by atoms with Crippen molar-refractivity contribution in [3.63, 3.8) is 0 Å². The number of carbonyl (C=O) groups excluding carboxylic acids is 1. The molecule has 2 aliphatic rings. The van der Waals surface area contributed by atoms with Crippen molar-refractivity contribution in [2.45, 2.75) is 31.6 Å². The van der Waals surface area contributed by atoms with Crippen molar-refractivity contribution in [3.05, 3.63) is 70.8 Å². The van der Waals surface area contributed by atoms with E-state index in [9.17, 15) is 14.7 Å². The molecule has 0 radical (unpaired) electrons. The van der Waals surface area contributed by atoms with Crippen LogP contribution < -0.4 is 0 Å². The van der Waals surface area contributed by atoms with Gasteiger partial charge in [0.15, 0.2) is 0 Å². The Bertz CT molecular complexity index is 831. The average molecular weight is 349 g/mol. The molecule has 0 spiro atoms.